The summed E-state index contributed by atoms with van der Waals surface area (Å²) in [5.41, 5.74) is 0.406. The quantitative estimate of drug-likeness (QED) is 0.566. The number of fused-ring (bicyclic) bond motifs is 3. The highest BCUT2D eigenvalue weighted by molar-refractivity contribution is 5.88. The van der Waals surface area contributed by atoms with Gasteiger partial charge in [0.05, 0.1) is 24.4 Å². The van der Waals surface area contributed by atoms with E-state index in [0.717, 1.165) is 19.4 Å². The van der Waals surface area contributed by atoms with Gasteiger partial charge in [-0.25, -0.2) is 23.7 Å². The van der Waals surface area contributed by atoms with Gasteiger partial charge in [0.1, 0.15) is 11.8 Å². The van der Waals surface area contributed by atoms with Gasteiger partial charge < -0.3 is 25.0 Å². The van der Waals surface area contributed by atoms with Crippen LogP contribution in [0.4, 0.5) is 30.5 Å². The molecule has 3 atom stereocenters. The summed E-state index contributed by atoms with van der Waals surface area (Å²) in [7, 11) is 0. The second-order valence-corrected chi connectivity index (χ2v) is 8.94. The molecule has 0 saturated carbocycles. The Morgan fingerprint density at radius 1 is 1.21 bits per heavy atom. The van der Waals surface area contributed by atoms with Gasteiger partial charge in [-0.1, -0.05) is 0 Å². The SMILES string of the molecule is Fc1cc2ncnc(Nc3ccc(OC[C@@H]4CCOC4)c(F)c3F)c2nc1N1C[C@@H]2C[C@H]1CN2. The molecule has 3 aliphatic heterocycles. The fourth-order valence-electron chi connectivity index (χ4n) is 4.85. The number of ether oxygens (including phenoxy) is 2. The first-order valence-corrected chi connectivity index (χ1v) is 11.3. The van der Waals surface area contributed by atoms with Crippen molar-refractivity contribution in [2.45, 2.75) is 24.9 Å². The third-order valence-corrected chi connectivity index (χ3v) is 6.67. The van der Waals surface area contributed by atoms with E-state index < -0.39 is 17.5 Å². The maximum absolute atomic E-state index is 14.9. The predicted octanol–water partition coefficient (Wildman–Crippen LogP) is 3.15. The van der Waals surface area contributed by atoms with Crippen molar-refractivity contribution in [2.75, 3.05) is 43.1 Å². The molecule has 0 aliphatic carbocycles. The molecule has 0 spiro atoms. The summed E-state index contributed by atoms with van der Waals surface area (Å²) in [5.74, 6) is -2.30. The number of nitrogens with zero attached hydrogens (tertiary/aromatic N) is 4. The van der Waals surface area contributed by atoms with Crippen LogP contribution in [0.25, 0.3) is 11.0 Å². The van der Waals surface area contributed by atoms with Gasteiger partial charge >= 0.3 is 0 Å². The molecule has 0 amide bonds. The Hall–Kier alpha value is -3.18. The lowest BCUT2D eigenvalue weighted by Gasteiger charge is -2.28. The molecule has 178 valence electrons. The fourth-order valence-corrected chi connectivity index (χ4v) is 4.85. The number of benzene rings is 1. The van der Waals surface area contributed by atoms with Crippen molar-refractivity contribution in [2.24, 2.45) is 5.92 Å². The molecule has 2 bridgehead atoms. The smallest absolute Gasteiger partial charge is 0.202 e. The van der Waals surface area contributed by atoms with Crippen LogP contribution in [-0.2, 0) is 4.74 Å². The van der Waals surface area contributed by atoms with E-state index in [9.17, 15) is 13.2 Å². The van der Waals surface area contributed by atoms with Crippen molar-refractivity contribution in [3.63, 3.8) is 0 Å². The van der Waals surface area contributed by atoms with Crippen LogP contribution < -0.4 is 20.3 Å². The maximum atomic E-state index is 14.9. The number of piperazine rings is 1. The second-order valence-electron chi connectivity index (χ2n) is 8.94. The summed E-state index contributed by atoms with van der Waals surface area (Å²) in [4.78, 5) is 14.7. The van der Waals surface area contributed by atoms with E-state index in [-0.39, 0.29) is 52.7 Å². The average molecular weight is 472 g/mol. The number of nitrogens with one attached hydrogen (secondary N) is 2. The molecule has 3 fully saturated rings. The molecule has 3 saturated heterocycles. The number of pyridine rings is 1. The first-order chi connectivity index (χ1) is 16.6. The van der Waals surface area contributed by atoms with Crippen molar-refractivity contribution in [3.05, 3.63) is 42.0 Å². The zero-order valence-corrected chi connectivity index (χ0v) is 18.2. The number of halogens is 3. The highest BCUT2D eigenvalue weighted by Gasteiger charge is 2.39. The van der Waals surface area contributed by atoms with Gasteiger partial charge in [0, 0.05) is 43.8 Å². The number of hydrogen-bond acceptors (Lipinski definition) is 8. The predicted molar refractivity (Wildman–Crippen MR) is 119 cm³/mol. The van der Waals surface area contributed by atoms with Crippen molar-refractivity contribution in [1.82, 2.24) is 20.3 Å². The minimum absolute atomic E-state index is 0.133. The summed E-state index contributed by atoms with van der Waals surface area (Å²) in [6.07, 6.45) is 2.99. The first-order valence-electron chi connectivity index (χ1n) is 11.3. The van der Waals surface area contributed by atoms with Crippen LogP contribution in [0.15, 0.2) is 24.5 Å². The molecule has 6 rings (SSSR count). The van der Waals surface area contributed by atoms with Crippen molar-refractivity contribution in [1.29, 1.82) is 0 Å². The highest BCUT2D eigenvalue weighted by Crippen LogP contribution is 2.34. The molecule has 8 nitrogen and oxygen atoms in total. The Bertz CT molecular complexity index is 1240. The number of aromatic nitrogens is 3. The Labute approximate surface area is 193 Å². The molecule has 2 aromatic heterocycles. The number of anilines is 3. The van der Waals surface area contributed by atoms with Gasteiger partial charge in [0.15, 0.2) is 29.0 Å². The monoisotopic (exact) mass is 472 g/mol. The average Bonchev–Trinajstić information content (AvgIpc) is 3.60. The molecule has 34 heavy (non-hydrogen) atoms. The van der Waals surface area contributed by atoms with E-state index >= 15 is 0 Å². The summed E-state index contributed by atoms with van der Waals surface area (Å²) in [5, 5.41) is 6.17. The standard InChI is InChI=1S/C23H23F3N6O2/c24-15-6-17-21(31-23(15)32-8-13-5-14(32)7-27-13)22(29-11-28-17)30-16-1-2-18(20(26)19(16)25)34-10-12-3-4-33-9-12/h1-2,6,11-14,27H,3-5,7-10H2,(H,28,29,30)/t12-,13+,14+/m1/s1. The lowest BCUT2D eigenvalue weighted by molar-refractivity contribution is 0.165. The lowest BCUT2D eigenvalue weighted by Crippen LogP contribution is -2.44. The van der Waals surface area contributed by atoms with Gasteiger partial charge in [0.25, 0.3) is 0 Å². The van der Waals surface area contributed by atoms with Gasteiger partial charge in [-0.3, -0.25) is 0 Å². The van der Waals surface area contributed by atoms with Gasteiger partial charge in [0.2, 0.25) is 5.82 Å². The van der Waals surface area contributed by atoms with Crippen LogP contribution in [0.2, 0.25) is 0 Å². The molecule has 11 heteroatoms. The normalized spacial score (nSPS) is 23.7. The summed E-state index contributed by atoms with van der Waals surface area (Å²) >= 11 is 0. The zero-order chi connectivity index (χ0) is 23.2. The Balaban J connectivity index is 1.28. The third kappa shape index (κ3) is 3.78. The lowest BCUT2D eigenvalue weighted by atomic mass is 10.1. The zero-order valence-electron chi connectivity index (χ0n) is 18.2. The third-order valence-electron chi connectivity index (χ3n) is 6.67. The van der Waals surface area contributed by atoms with Crippen LogP contribution >= 0.6 is 0 Å². The van der Waals surface area contributed by atoms with Gasteiger partial charge in [-0.2, -0.15) is 4.39 Å². The van der Waals surface area contributed by atoms with E-state index in [0.29, 0.717) is 25.8 Å². The minimum atomic E-state index is -1.10. The number of rotatable bonds is 6. The molecule has 5 heterocycles. The van der Waals surface area contributed by atoms with Crippen molar-refractivity contribution < 1.29 is 22.6 Å². The largest absolute Gasteiger partial charge is 0.490 e. The highest BCUT2D eigenvalue weighted by atomic mass is 19.2. The molecular weight excluding hydrogens is 449 g/mol. The summed E-state index contributed by atoms with van der Waals surface area (Å²) in [6, 6.07) is 4.52. The summed E-state index contributed by atoms with van der Waals surface area (Å²) in [6.45, 7) is 2.88. The molecule has 0 unspecified atom stereocenters. The Morgan fingerprint density at radius 2 is 2.12 bits per heavy atom. The van der Waals surface area contributed by atoms with E-state index in [1.165, 1.54) is 24.5 Å². The second kappa shape index (κ2) is 8.55. The minimum Gasteiger partial charge on any atom is -0.490 e. The van der Waals surface area contributed by atoms with Crippen molar-refractivity contribution >= 4 is 28.4 Å². The summed E-state index contributed by atoms with van der Waals surface area (Å²) < 4.78 is 55.2. The van der Waals surface area contributed by atoms with Crippen LogP contribution in [0.3, 0.4) is 0 Å². The van der Waals surface area contributed by atoms with E-state index in [1.54, 1.807) is 0 Å². The first kappa shape index (κ1) is 21.4. The topological polar surface area (TPSA) is 84.4 Å². The van der Waals surface area contributed by atoms with Crippen LogP contribution in [0.1, 0.15) is 12.8 Å². The van der Waals surface area contributed by atoms with Crippen LogP contribution in [0.5, 0.6) is 5.75 Å². The van der Waals surface area contributed by atoms with Crippen molar-refractivity contribution in [3.8, 4) is 5.75 Å². The molecule has 3 aliphatic rings. The van der Waals surface area contributed by atoms with E-state index in [2.05, 4.69) is 25.6 Å². The molecule has 0 radical (unpaired) electrons. The molecule has 2 N–H and O–H groups in total. The van der Waals surface area contributed by atoms with Crippen LogP contribution in [-0.4, -0.2) is 59.9 Å². The maximum Gasteiger partial charge on any atom is 0.202 e. The Kier molecular flexibility index (Phi) is 5.37. The Morgan fingerprint density at radius 3 is 2.88 bits per heavy atom. The van der Waals surface area contributed by atoms with E-state index in [1.807, 2.05) is 4.90 Å². The van der Waals surface area contributed by atoms with E-state index in [4.69, 9.17) is 9.47 Å². The molecule has 1 aromatic carbocycles. The van der Waals surface area contributed by atoms with Gasteiger partial charge in [-0.15, -0.1) is 0 Å². The molecular formula is C23H23F3N6O2. The fraction of sp³-hybridized carbons (Fsp3) is 0.435. The van der Waals surface area contributed by atoms with Gasteiger partial charge in [-0.05, 0) is 25.0 Å². The number of hydrogen-bond donors (Lipinski definition) is 2. The van der Waals surface area contributed by atoms with Crippen LogP contribution in [0, 0.1) is 23.4 Å². The molecule has 3 aromatic rings.